The third-order valence-electron chi connectivity index (χ3n) is 5.30. The molecule has 0 bridgehead atoms. The van der Waals surface area contributed by atoms with E-state index in [1.54, 1.807) is 7.05 Å². The van der Waals surface area contributed by atoms with Crippen LogP contribution >= 0.6 is 24.0 Å². The van der Waals surface area contributed by atoms with E-state index in [0.717, 1.165) is 63.8 Å². The molecule has 1 aliphatic heterocycles. The number of nitrogens with one attached hydrogen (secondary N) is 2. The fraction of sp³-hybridized carbons (Fsp3) is 0.565. The van der Waals surface area contributed by atoms with E-state index >= 15 is 0 Å². The average Bonchev–Trinajstić information content (AvgIpc) is 3.10. The second-order valence-corrected chi connectivity index (χ2v) is 7.80. The van der Waals surface area contributed by atoms with Gasteiger partial charge < -0.3 is 20.1 Å². The van der Waals surface area contributed by atoms with Gasteiger partial charge in [-0.05, 0) is 50.3 Å². The third-order valence-corrected chi connectivity index (χ3v) is 5.30. The second-order valence-electron chi connectivity index (χ2n) is 7.80. The van der Waals surface area contributed by atoms with E-state index in [-0.39, 0.29) is 24.0 Å². The minimum atomic E-state index is 0. The molecular weight excluding hydrogens is 505 g/mol. The van der Waals surface area contributed by atoms with Gasteiger partial charge in [-0.2, -0.15) is 5.10 Å². The molecule has 7 nitrogen and oxygen atoms in total. The summed E-state index contributed by atoms with van der Waals surface area (Å²) in [6.07, 6.45) is 3.31. The molecule has 0 spiro atoms. The lowest BCUT2D eigenvalue weighted by Gasteiger charge is -2.22. The maximum absolute atomic E-state index is 5.99. The van der Waals surface area contributed by atoms with Gasteiger partial charge in [0.25, 0.3) is 0 Å². The lowest BCUT2D eigenvalue weighted by Crippen LogP contribution is -2.37. The topological polar surface area (TPSA) is 72.7 Å². The van der Waals surface area contributed by atoms with E-state index in [9.17, 15) is 0 Å². The molecule has 0 aliphatic carbocycles. The molecule has 0 unspecified atom stereocenters. The molecule has 0 atom stereocenters. The highest BCUT2D eigenvalue weighted by Gasteiger charge is 2.13. The van der Waals surface area contributed by atoms with E-state index < -0.39 is 0 Å². The first kappa shape index (κ1) is 25.6. The van der Waals surface area contributed by atoms with Crippen LogP contribution in [0.3, 0.4) is 0 Å². The fourth-order valence-corrected chi connectivity index (χ4v) is 3.55. The van der Waals surface area contributed by atoms with Crippen molar-refractivity contribution in [2.75, 3.05) is 26.8 Å². The van der Waals surface area contributed by atoms with E-state index in [4.69, 9.17) is 9.47 Å². The predicted molar refractivity (Wildman–Crippen MR) is 135 cm³/mol. The Morgan fingerprint density at radius 3 is 2.52 bits per heavy atom. The van der Waals surface area contributed by atoms with Gasteiger partial charge in [-0.25, -0.2) is 0 Å². The number of hydrogen-bond acceptors (Lipinski definition) is 4. The lowest BCUT2D eigenvalue weighted by atomic mass is 10.1. The van der Waals surface area contributed by atoms with E-state index in [1.807, 2.05) is 6.92 Å². The third kappa shape index (κ3) is 8.78. The predicted octanol–water partition coefficient (Wildman–Crippen LogP) is 3.57. The first-order valence-electron chi connectivity index (χ1n) is 10.9. The van der Waals surface area contributed by atoms with Gasteiger partial charge in [-0.15, -0.1) is 24.0 Å². The lowest BCUT2D eigenvalue weighted by molar-refractivity contribution is -0.0390. The maximum atomic E-state index is 5.99. The SMILES string of the molecule is CN=C(NCCCn1nc(C)cc1C)NCc1ccc(COC2CCOCC2)cc1.I. The summed E-state index contributed by atoms with van der Waals surface area (Å²) in [4.78, 5) is 4.31. The first-order valence-corrected chi connectivity index (χ1v) is 10.9. The number of aliphatic imine (C=N–C) groups is 1. The van der Waals surface area contributed by atoms with Crippen molar-refractivity contribution in [2.24, 2.45) is 4.99 Å². The van der Waals surface area contributed by atoms with E-state index in [1.165, 1.54) is 16.8 Å². The Balaban J connectivity index is 0.00000341. The van der Waals surface area contributed by atoms with Crippen LogP contribution in [0.4, 0.5) is 0 Å². The molecule has 172 valence electrons. The molecular formula is C23H36IN5O2. The Hall–Kier alpha value is -1.65. The first-order chi connectivity index (χ1) is 14.6. The summed E-state index contributed by atoms with van der Waals surface area (Å²) in [5, 5.41) is 11.2. The number of aromatic nitrogens is 2. The normalized spacial score (nSPS) is 14.9. The molecule has 2 heterocycles. The number of rotatable bonds is 9. The molecule has 0 saturated carbocycles. The Labute approximate surface area is 203 Å². The molecule has 1 aliphatic rings. The smallest absolute Gasteiger partial charge is 0.191 e. The van der Waals surface area contributed by atoms with Crippen molar-refractivity contribution < 1.29 is 9.47 Å². The summed E-state index contributed by atoms with van der Waals surface area (Å²) in [6, 6.07) is 10.7. The summed E-state index contributed by atoms with van der Waals surface area (Å²) in [5.74, 6) is 0.815. The number of guanidine groups is 1. The molecule has 8 heteroatoms. The van der Waals surface area contributed by atoms with Crippen LogP contribution < -0.4 is 10.6 Å². The van der Waals surface area contributed by atoms with Crippen molar-refractivity contribution in [1.29, 1.82) is 0 Å². The van der Waals surface area contributed by atoms with Gasteiger partial charge in [0.1, 0.15) is 0 Å². The standard InChI is InChI=1S/C23H35N5O2.HI/c1-18-15-19(2)28(27-18)12-4-11-25-23(24-3)26-16-20-5-7-21(8-6-20)17-30-22-9-13-29-14-10-22;/h5-8,15,22H,4,9-14,16-17H2,1-3H3,(H2,24,25,26);1H. The fourth-order valence-electron chi connectivity index (χ4n) is 3.55. The maximum Gasteiger partial charge on any atom is 0.191 e. The summed E-state index contributed by atoms with van der Waals surface area (Å²) < 4.78 is 13.4. The van der Waals surface area contributed by atoms with Crippen LogP contribution in [0.5, 0.6) is 0 Å². The summed E-state index contributed by atoms with van der Waals surface area (Å²) in [6.45, 7) is 8.90. The number of ether oxygens (including phenoxy) is 2. The van der Waals surface area contributed by atoms with Crippen LogP contribution in [0, 0.1) is 13.8 Å². The Morgan fingerprint density at radius 1 is 1.16 bits per heavy atom. The van der Waals surface area contributed by atoms with Gasteiger partial charge in [-0.3, -0.25) is 9.67 Å². The minimum absolute atomic E-state index is 0. The van der Waals surface area contributed by atoms with Gasteiger partial charge in [0, 0.05) is 45.6 Å². The molecule has 31 heavy (non-hydrogen) atoms. The molecule has 2 N–H and O–H groups in total. The van der Waals surface area contributed by atoms with Crippen LogP contribution in [0.1, 0.15) is 41.8 Å². The number of aryl methyl sites for hydroxylation is 3. The molecule has 1 saturated heterocycles. The summed E-state index contributed by atoms with van der Waals surface area (Å²) >= 11 is 0. The van der Waals surface area contributed by atoms with Crippen LogP contribution in [0.2, 0.25) is 0 Å². The largest absolute Gasteiger partial charge is 0.381 e. The highest BCUT2D eigenvalue weighted by atomic mass is 127. The molecule has 1 aromatic carbocycles. The van der Waals surface area contributed by atoms with E-state index in [2.05, 4.69) is 62.7 Å². The Kier molecular flexibility index (Phi) is 11.3. The number of hydrogen-bond donors (Lipinski definition) is 2. The van der Waals surface area contributed by atoms with Crippen molar-refractivity contribution >= 4 is 29.9 Å². The van der Waals surface area contributed by atoms with E-state index in [0.29, 0.717) is 12.7 Å². The van der Waals surface area contributed by atoms with Gasteiger partial charge in [0.15, 0.2) is 5.96 Å². The Morgan fingerprint density at radius 2 is 1.87 bits per heavy atom. The zero-order chi connectivity index (χ0) is 21.2. The van der Waals surface area contributed by atoms with Gasteiger partial charge in [0.05, 0.1) is 18.4 Å². The van der Waals surface area contributed by atoms with Crippen LogP contribution in [0.25, 0.3) is 0 Å². The van der Waals surface area contributed by atoms with Gasteiger partial charge in [0.2, 0.25) is 0 Å². The molecule has 2 aromatic rings. The molecule has 0 radical (unpaired) electrons. The van der Waals surface area contributed by atoms with Crippen LogP contribution in [0.15, 0.2) is 35.3 Å². The van der Waals surface area contributed by atoms with Crippen molar-refractivity contribution in [3.63, 3.8) is 0 Å². The minimum Gasteiger partial charge on any atom is -0.381 e. The highest BCUT2D eigenvalue weighted by molar-refractivity contribution is 14.0. The zero-order valence-electron chi connectivity index (χ0n) is 18.9. The summed E-state index contributed by atoms with van der Waals surface area (Å²) in [7, 11) is 1.80. The van der Waals surface area contributed by atoms with Gasteiger partial charge >= 0.3 is 0 Å². The van der Waals surface area contributed by atoms with Crippen molar-refractivity contribution in [3.05, 3.63) is 52.8 Å². The average molecular weight is 541 g/mol. The molecule has 0 amide bonds. The monoisotopic (exact) mass is 541 g/mol. The van der Waals surface area contributed by atoms with Crippen molar-refractivity contribution in [3.8, 4) is 0 Å². The van der Waals surface area contributed by atoms with Crippen molar-refractivity contribution in [2.45, 2.75) is 58.9 Å². The number of benzene rings is 1. The highest BCUT2D eigenvalue weighted by Crippen LogP contribution is 2.14. The quantitative estimate of drug-likeness (QED) is 0.220. The Bertz CT molecular complexity index is 801. The van der Waals surface area contributed by atoms with Crippen molar-refractivity contribution in [1.82, 2.24) is 20.4 Å². The summed E-state index contributed by atoms with van der Waals surface area (Å²) in [5.41, 5.74) is 4.70. The molecule has 1 fully saturated rings. The second kappa shape index (κ2) is 13.7. The molecule has 3 rings (SSSR count). The van der Waals surface area contributed by atoms with Crippen LogP contribution in [-0.2, 0) is 29.2 Å². The molecule has 1 aromatic heterocycles. The zero-order valence-corrected chi connectivity index (χ0v) is 21.2. The number of nitrogens with zero attached hydrogens (tertiary/aromatic N) is 3. The van der Waals surface area contributed by atoms with Gasteiger partial charge in [-0.1, -0.05) is 24.3 Å². The van der Waals surface area contributed by atoms with Crippen LogP contribution in [-0.4, -0.2) is 48.7 Å². The number of halogens is 1.